The number of amides is 1. The third kappa shape index (κ3) is 4.47. The number of carbonyl (C=O) groups is 2. The molecule has 1 unspecified atom stereocenters. The summed E-state index contributed by atoms with van der Waals surface area (Å²) < 4.78 is 31.8. The van der Waals surface area contributed by atoms with Crippen molar-refractivity contribution in [3.8, 4) is 0 Å². The summed E-state index contributed by atoms with van der Waals surface area (Å²) in [5.41, 5.74) is -0.971. The smallest absolute Gasteiger partial charge is 0.436 e. The quantitative estimate of drug-likeness (QED) is 0.647. The molecule has 174 valence electrons. The maximum absolute atomic E-state index is 13.0. The zero-order valence-corrected chi connectivity index (χ0v) is 19.2. The average Bonchev–Trinajstić information content (AvgIpc) is 3.10. The Hall–Kier alpha value is -2.21. The Labute approximate surface area is 191 Å². The minimum atomic E-state index is -3.70. The number of amidine groups is 1. The Balaban J connectivity index is 1.44. The molecule has 0 radical (unpaired) electrons. The number of benzene rings is 1. The van der Waals surface area contributed by atoms with Gasteiger partial charge in [0, 0.05) is 37.1 Å². The van der Waals surface area contributed by atoms with Crippen LogP contribution in [-0.2, 0) is 24.4 Å². The normalized spacial score (nSPS) is 24.1. The average molecular weight is 485 g/mol. The van der Waals surface area contributed by atoms with Gasteiger partial charge in [-0.1, -0.05) is 17.7 Å². The van der Waals surface area contributed by atoms with Crippen LogP contribution in [0.5, 0.6) is 0 Å². The molecule has 0 aromatic heterocycles. The number of piperidine rings is 2. The van der Waals surface area contributed by atoms with E-state index in [1.807, 2.05) is 0 Å². The number of rotatable bonds is 4. The maximum atomic E-state index is 13.0. The molecule has 0 aliphatic carbocycles. The number of sulfonamides is 1. The number of carbonyl (C=O) groups excluding carboxylic acids is 2. The van der Waals surface area contributed by atoms with Crippen LogP contribution in [0.15, 0.2) is 34.2 Å². The predicted molar refractivity (Wildman–Crippen MR) is 116 cm³/mol. The van der Waals surface area contributed by atoms with E-state index >= 15 is 0 Å². The largest absolute Gasteiger partial charge is 0.527 e. The van der Waals surface area contributed by atoms with Crippen molar-refractivity contribution >= 4 is 39.5 Å². The Morgan fingerprint density at radius 2 is 2.03 bits per heavy atom. The first-order chi connectivity index (χ1) is 15.2. The van der Waals surface area contributed by atoms with Crippen LogP contribution in [0.25, 0.3) is 0 Å². The van der Waals surface area contributed by atoms with Gasteiger partial charge in [0.2, 0.25) is 10.0 Å². The summed E-state index contributed by atoms with van der Waals surface area (Å²) in [6, 6.07) is 6.15. The van der Waals surface area contributed by atoms with E-state index < -0.39 is 21.7 Å². The molecule has 2 saturated heterocycles. The van der Waals surface area contributed by atoms with Gasteiger partial charge in [-0.2, -0.15) is 4.31 Å². The number of aliphatic imine (C=N–C) groups is 1. The van der Waals surface area contributed by atoms with Crippen LogP contribution in [0.3, 0.4) is 0 Å². The Kier molecular flexibility index (Phi) is 6.44. The van der Waals surface area contributed by atoms with E-state index in [-0.39, 0.29) is 42.7 Å². The van der Waals surface area contributed by atoms with Crippen LogP contribution in [0, 0.1) is 5.92 Å². The highest BCUT2D eigenvalue weighted by Gasteiger charge is 2.48. The van der Waals surface area contributed by atoms with Crippen molar-refractivity contribution in [1.82, 2.24) is 14.7 Å². The van der Waals surface area contributed by atoms with Gasteiger partial charge in [0.1, 0.15) is 11.4 Å². The number of hydrogen-bond donors (Lipinski definition) is 1. The van der Waals surface area contributed by atoms with Crippen LogP contribution in [-0.4, -0.2) is 74.5 Å². The summed E-state index contributed by atoms with van der Waals surface area (Å²) in [6.07, 6.45) is 1.36. The van der Waals surface area contributed by atoms with Gasteiger partial charge in [-0.3, -0.25) is 9.79 Å². The molecule has 10 nitrogen and oxygen atoms in total. The van der Waals surface area contributed by atoms with E-state index in [1.54, 1.807) is 12.1 Å². The fourth-order valence-electron chi connectivity index (χ4n) is 4.34. The van der Waals surface area contributed by atoms with Crippen LogP contribution in [0.4, 0.5) is 4.79 Å². The first-order valence-corrected chi connectivity index (χ1v) is 12.2. The SMILES string of the molecule is COC(=O)ON1CCCC(C2=NC3(CCN(S(=O)(=O)c4cccc(Cl)c4)CC3)C(=O)N2)C1. The molecule has 12 heteroatoms. The van der Waals surface area contributed by atoms with Gasteiger partial charge in [-0.15, -0.1) is 5.06 Å². The lowest BCUT2D eigenvalue weighted by atomic mass is 9.89. The lowest BCUT2D eigenvalue weighted by Gasteiger charge is -2.34. The summed E-state index contributed by atoms with van der Waals surface area (Å²) >= 11 is 5.95. The van der Waals surface area contributed by atoms with Crippen LogP contribution in [0.1, 0.15) is 25.7 Å². The van der Waals surface area contributed by atoms with Crippen molar-refractivity contribution in [1.29, 1.82) is 0 Å². The maximum Gasteiger partial charge on any atom is 0.527 e. The number of hydrogen-bond acceptors (Lipinski definition) is 8. The van der Waals surface area contributed by atoms with Crippen LogP contribution < -0.4 is 5.32 Å². The van der Waals surface area contributed by atoms with E-state index in [0.29, 0.717) is 23.9 Å². The lowest BCUT2D eigenvalue weighted by Crippen LogP contribution is -2.50. The van der Waals surface area contributed by atoms with E-state index in [2.05, 4.69) is 10.1 Å². The summed E-state index contributed by atoms with van der Waals surface area (Å²) in [6.45, 7) is 1.34. The molecule has 0 saturated carbocycles. The van der Waals surface area contributed by atoms with Crippen molar-refractivity contribution in [2.24, 2.45) is 10.9 Å². The van der Waals surface area contributed by atoms with Gasteiger partial charge < -0.3 is 14.9 Å². The molecule has 3 heterocycles. The van der Waals surface area contributed by atoms with Crippen molar-refractivity contribution in [3.63, 3.8) is 0 Å². The Bertz CT molecular complexity index is 1040. The second kappa shape index (κ2) is 8.97. The zero-order valence-electron chi connectivity index (χ0n) is 17.6. The third-order valence-electron chi connectivity index (χ3n) is 6.12. The van der Waals surface area contributed by atoms with Crippen LogP contribution >= 0.6 is 11.6 Å². The molecular weight excluding hydrogens is 460 g/mol. The summed E-state index contributed by atoms with van der Waals surface area (Å²) in [4.78, 5) is 34.2. The van der Waals surface area contributed by atoms with Gasteiger partial charge in [0.25, 0.3) is 5.91 Å². The number of hydroxylamine groups is 2. The van der Waals surface area contributed by atoms with Crippen molar-refractivity contribution in [2.45, 2.75) is 36.1 Å². The van der Waals surface area contributed by atoms with Gasteiger partial charge >= 0.3 is 6.16 Å². The first kappa shape index (κ1) is 23.0. The second-order valence-electron chi connectivity index (χ2n) is 8.12. The minimum Gasteiger partial charge on any atom is -0.436 e. The minimum absolute atomic E-state index is 0.0926. The zero-order chi connectivity index (χ0) is 22.9. The number of ether oxygens (including phenoxy) is 1. The third-order valence-corrected chi connectivity index (χ3v) is 8.25. The molecule has 3 aliphatic heterocycles. The van der Waals surface area contributed by atoms with Gasteiger partial charge in [0.15, 0.2) is 0 Å². The molecule has 1 N–H and O–H groups in total. The van der Waals surface area contributed by atoms with E-state index in [1.165, 1.54) is 28.6 Å². The fraction of sp³-hybridized carbons (Fsp3) is 0.550. The van der Waals surface area contributed by atoms with E-state index in [0.717, 1.165) is 12.8 Å². The molecule has 1 spiro atoms. The molecule has 4 rings (SSSR count). The van der Waals surface area contributed by atoms with Gasteiger partial charge in [-0.25, -0.2) is 13.2 Å². The highest BCUT2D eigenvalue weighted by Crippen LogP contribution is 2.34. The van der Waals surface area contributed by atoms with Gasteiger partial charge in [-0.05, 0) is 43.9 Å². The van der Waals surface area contributed by atoms with Gasteiger partial charge in [0.05, 0.1) is 12.0 Å². The molecule has 1 aromatic rings. The number of nitrogens with zero attached hydrogens (tertiary/aromatic N) is 3. The molecule has 2 fully saturated rings. The highest BCUT2D eigenvalue weighted by molar-refractivity contribution is 7.89. The molecular formula is C20H25ClN4O6S. The highest BCUT2D eigenvalue weighted by atomic mass is 35.5. The number of nitrogens with one attached hydrogen (secondary N) is 1. The fourth-order valence-corrected chi connectivity index (χ4v) is 6.08. The predicted octanol–water partition coefficient (Wildman–Crippen LogP) is 1.80. The molecule has 0 bridgehead atoms. The molecule has 1 amide bonds. The van der Waals surface area contributed by atoms with Crippen molar-refractivity contribution < 1.29 is 27.6 Å². The summed E-state index contributed by atoms with van der Waals surface area (Å²) in [5.74, 6) is 0.266. The molecule has 3 aliphatic rings. The monoisotopic (exact) mass is 484 g/mol. The first-order valence-electron chi connectivity index (χ1n) is 10.4. The lowest BCUT2D eigenvalue weighted by molar-refractivity contribution is -0.138. The second-order valence-corrected chi connectivity index (χ2v) is 10.5. The molecule has 1 atom stereocenters. The van der Waals surface area contributed by atoms with Crippen LogP contribution in [0.2, 0.25) is 5.02 Å². The van der Waals surface area contributed by atoms with Crippen molar-refractivity contribution in [2.75, 3.05) is 33.3 Å². The Morgan fingerprint density at radius 3 is 2.72 bits per heavy atom. The summed E-state index contributed by atoms with van der Waals surface area (Å²) in [7, 11) is -2.46. The van der Waals surface area contributed by atoms with Crippen molar-refractivity contribution in [3.05, 3.63) is 29.3 Å². The molecule has 32 heavy (non-hydrogen) atoms. The topological polar surface area (TPSA) is 118 Å². The molecule has 1 aromatic carbocycles. The Morgan fingerprint density at radius 1 is 1.28 bits per heavy atom. The summed E-state index contributed by atoms with van der Waals surface area (Å²) in [5, 5.41) is 4.75. The van der Waals surface area contributed by atoms with E-state index in [4.69, 9.17) is 21.4 Å². The number of methoxy groups -OCH3 is 1. The van der Waals surface area contributed by atoms with E-state index in [9.17, 15) is 18.0 Å². The standard InChI is InChI=1S/C20H25ClN4O6S/c1-30-19(27)31-24-9-3-4-14(13-24)17-22-18(26)20(23-17)7-10-25(11-8-20)32(28,29)16-6-2-5-15(21)12-16/h2,5-6,12,14H,3-4,7-11,13H2,1H3,(H,22,23,26). The number of halogens is 1.